The maximum Gasteiger partial charge on any atom is 0.315 e. The van der Waals surface area contributed by atoms with Gasteiger partial charge in [-0.25, -0.2) is 4.79 Å². The van der Waals surface area contributed by atoms with E-state index in [4.69, 9.17) is 0 Å². The minimum absolute atomic E-state index is 0.216. The first-order valence-electron chi connectivity index (χ1n) is 8.77. The molecular formula is C18H22N4O4. The number of amides is 5. The Labute approximate surface area is 151 Å². The lowest BCUT2D eigenvalue weighted by Crippen LogP contribution is -2.52. The normalized spacial score (nSPS) is 19.2. The second-order valence-electron chi connectivity index (χ2n) is 6.50. The van der Waals surface area contributed by atoms with Crippen LogP contribution in [-0.4, -0.2) is 41.2 Å². The van der Waals surface area contributed by atoms with Crippen molar-refractivity contribution in [2.45, 2.75) is 45.3 Å². The van der Waals surface area contributed by atoms with E-state index in [1.807, 2.05) is 19.1 Å². The fourth-order valence-corrected chi connectivity index (χ4v) is 3.20. The Balaban J connectivity index is 1.66. The van der Waals surface area contributed by atoms with Gasteiger partial charge in [0.05, 0.1) is 0 Å². The maximum absolute atomic E-state index is 12.7. The van der Waals surface area contributed by atoms with Gasteiger partial charge >= 0.3 is 6.03 Å². The fraction of sp³-hybridized carbons (Fsp3) is 0.444. The van der Waals surface area contributed by atoms with Crippen LogP contribution in [0.2, 0.25) is 0 Å². The zero-order valence-corrected chi connectivity index (χ0v) is 14.6. The molecule has 3 N–H and O–H groups in total. The number of hydrogen-bond donors (Lipinski definition) is 3. The number of rotatable bonds is 5. The average Bonchev–Trinajstić information content (AvgIpc) is 2.94. The summed E-state index contributed by atoms with van der Waals surface area (Å²) in [6.07, 6.45) is 1.44. The van der Waals surface area contributed by atoms with Gasteiger partial charge in [0.2, 0.25) is 11.8 Å². The number of imide groups is 1. The summed E-state index contributed by atoms with van der Waals surface area (Å²) in [5.41, 5.74) is 2.20. The van der Waals surface area contributed by atoms with Gasteiger partial charge in [0.25, 0.3) is 5.91 Å². The Kier molecular flexibility index (Phi) is 5.20. The van der Waals surface area contributed by atoms with Crippen LogP contribution in [0, 0.1) is 0 Å². The van der Waals surface area contributed by atoms with Gasteiger partial charge in [0, 0.05) is 31.6 Å². The number of benzene rings is 1. The van der Waals surface area contributed by atoms with Crippen LogP contribution in [0.15, 0.2) is 18.2 Å². The third-order valence-corrected chi connectivity index (χ3v) is 4.58. The molecule has 1 atom stereocenters. The highest BCUT2D eigenvalue weighted by molar-refractivity contribution is 6.05. The number of nitrogens with one attached hydrogen (secondary N) is 3. The molecule has 8 heteroatoms. The Morgan fingerprint density at radius 3 is 2.81 bits per heavy atom. The predicted molar refractivity (Wildman–Crippen MR) is 93.0 cm³/mol. The quantitative estimate of drug-likeness (QED) is 0.672. The monoisotopic (exact) mass is 358 g/mol. The smallest absolute Gasteiger partial charge is 0.315 e. The highest BCUT2D eigenvalue weighted by Gasteiger charge is 2.39. The zero-order valence-electron chi connectivity index (χ0n) is 14.6. The number of nitrogens with zero attached hydrogens (tertiary/aromatic N) is 1. The van der Waals surface area contributed by atoms with Crippen molar-refractivity contribution in [3.8, 4) is 0 Å². The molecule has 0 spiro atoms. The molecule has 138 valence electrons. The molecule has 3 rings (SSSR count). The molecule has 0 saturated carbocycles. The minimum atomic E-state index is -0.617. The van der Waals surface area contributed by atoms with Crippen molar-refractivity contribution in [3.05, 3.63) is 34.9 Å². The van der Waals surface area contributed by atoms with Crippen molar-refractivity contribution in [2.75, 3.05) is 6.54 Å². The molecule has 1 aromatic rings. The first-order valence-corrected chi connectivity index (χ1v) is 8.77. The summed E-state index contributed by atoms with van der Waals surface area (Å²) >= 11 is 0. The lowest BCUT2D eigenvalue weighted by atomic mass is 10.0. The maximum atomic E-state index is 12.7. The molecule has 1 aromatic carbocycles. The largest absolute Gasteiger partial charge is 0.338 e. The van der Waals surface area contributed by atoms with E-state index >= 15 is 0 Å². The Hall–Kier alpha value is -2.90. The number of hydrogen-bond acceptors (Lipinski definition) is 4. The third-order valence-electron chi connectivity index (χ3n) is 4.58. The van der Waals surface area contributed by atoms with Crippen molar-refractivity contribution in [3.63, 3.8) is 0 Å². The van der Waals surface area contributed by atoms with E-state index in [9.17, 15) is 19.2 Å². The zero-order chi connectivity index (χ0) is 18.7. The third kappa shape index (κ3) is 3.68. The Bertz CT molecular complexity index is 762. The second-order valence-corrected chi connectivity index (χ2v) is 6.50. The SMILES string of the molecule is CCCNC(=O)NCc1ccc2c(c1)C(=O)N(C1CCC(=O)NC1=O)C2. The summed E-state index contributed by atoms with van der Waals surface area (Å²) in [4.78, 5) is 49.2. The van der Waals surface area contributed by atoms with Crippen LogP contribution in [0.4, 0.5) is 4.79 Å². The van der Waals surface area contributed by atoms with Crippen molar-refractivity contribution in [1.29, 1.82) is 0 Å². The number of urea groups is 1. The highest BCUT2D eigenvalue weighted by Crippen LogP contribution is 2.28. The minimum Gasteiger partial charge on any atom is -0.338 e. The number of carbonyl (C=O) groups is 4. The molecule has 0 radical (unpaired) electrons. The van der Waals surface area contributed by atoms with Crippen LogP contribution < -0.4 is 16.0 Å². The van der Waals surface area contributed by atoms with E-state index in [1.165, 1.54) is 4.90 Å². The van der Waals surface area contributed by atoms with Crippen LogP contribution in [-0.2, 0) is 22.7 Å². The first-order chi connectivity index (χ1) is 12.5. The van der Waals surface area contributed by atoms with Crippen molar-refractivity contribution < 1.29 is 19.2 Å². The number of fused-ring (bicyclic) bond motifs is 1. The van der Waals surface area contributed by atoms with Gasteiger partial charge in [0.1, 0.15) is 6.04 Å². The molecule has 5 amide bonds. The van der Waals surface area contributed by atoms with Crippen LogP contribution >= 0.6 is 0 Å². The average molecular weight is 358 g/mol. The van der Waals surface area contributed by atoms with Crippen LogP contribution in [0.5, 0.6) is 0 Å². The molecule has 1 saturated heterocycles. The lowest BCUT2D eigenvalue weighted by Gasteiger charge is -2.29. The lowest BCUT2D eigenvalue weighted by molar-refractivity contribution is -0.136. The topological polar surface area (TPSA) is 108 Å². The van der Waals surface area contributed by atoms with E-state index in [0.29, 0.717) is 31.6 Å². The summed E-state index contributed by atoms with van der Waals surface area (Å²) in [6.45, 7) is 3.25. The van der Waals surface area contributed by atoms with Crippen LogP contribution in [0.1, 0.15) is 47.7 Å². The van der Waals surface area contributed by atoms with E-state index in [2.05, 4.69) is 16.0 Å². The van der Waals surface area contributed by atoms with Gasteiger partial charge in [0.15, 0.2) is 0 Å². The number of piperidine rings is 1. The standard InChI is InChI=1S/C18H22N4O4/c1-2-7-19-18(26)20-9-11-3-4-12-10-22(17(25)13(12)8-11)14-5-6-15(23)21-16(14)24/h3-4,8,14H,2,5-7,9-10H2,1H3,(H2,19,20,26)(H,21,23,24). The summed E-state index contributed by atoms with van der Waals surface area (Å²) in [7, 11) is 0. The van der Waals surface area contributed by atoms with Gasteiger partial charge in [-0.3, -0.25) is 19.7 Å². The highest BCUT2D eigenvalue weighted by atomic mass is 16.2. The molecular weight excluding hydrogens is 336 g/mol. The van der Waals surface area contributed by atoms with Gasteiger partial charge in [-0.05, 0) is 30.0 Å². The van der Waals surface area contributed by atoms with E-state index in [-0.39, 0.29) is 24.3 Å². The Morgan fingerprint density at radius 1 is 1.27 bits per heavy atom. The molecule has 0 aliphatic carbocycles. The van der Waals surface area contributed by atoms with E-state index in [1.54, 1.807) is 6.07 Å². The summed E-state index contributed by atoms with van der Waals surface area (Å²) < 4.78 is 0. The Morgan fingerprint density at radius 2 is 2.08 bits per heavy atom. The summed E-state index contributed by atoms with van der Waals surface area (Å²) in [6, 6.07) is 4.60. The van der Waals surface area contributed by atoms with Crippen LogP contribution in [0.3, 0.4) is 0 Å². The molecule has 26 heavy (non-hydrogen) atoms. The van der Waals surface area contributed by atoms with Crippen molar-refractivity contribution >= 4 is 23.8 Å². The summed E-state index contributed by atoms with van der Waals surface area (Å²) in [5, 5.41) is 7.76. The molecule has 0 aromatic heterocycles. The van der Waals surface area contributed by atoms with Crippen LogP contribution in [0.25, 0.3) is 0 Å². The number of carbonyl (C=O) groups excluding carboxylic acids is 4. The summed E-state index contributed by atoms with van der Waals surface area (Å²) in [5.74, 6) is -0.936. The van der Waals surface area contributed by atoms with E-state index < -0.39 is 11.9 Å². The molecule has 2 aliphatic heterocycles. The van der Waals surface area contributed by atoms with Crippen molar-refractivity contribution in [1.82, 2.24) is 20.9 Å². The predicted octanol–water partition coefficient (Wildman–Crippen LogP) is 0.657. The molecule has 2 heterocycles. The van der Waals surface area contributed by atoms with Gasteiger partial charge < -0.3 is 15.5 Å². The van der Waals surface area contributed by atoms with Gasteiger partial charge in [-0.1, -0.05) is 19.1 Å². The molecule has 1 unspecified atom stereocenters. The van der Waals surface area contributed by atoms with Gasteiger partial charge in [-0.2, -0.15) is 0 Å². The molecule has 8 nitrogen and oxygen atoms in total. The van der Waals surface area contributed by atoms with Crippen molar-refractivity contribution in [2.24, 2.45) is 0 Å². The first kappa shape index (κ1) is 17.9. The molecule has 0 bridgehead atoms. The van der Waals surface area contributed by atoms with Gasteiger partial charge in [-0.15, -0.1) is 0 Å². The second kappa shape index (κ2) is 7.55. The molecule has 2 aliphatic rings. The molecule has 1 fully saturated rings. The van der Waals surface area contributed by atoms with E-state index in [0.717, 1.165) is 17.5 Å². The fourth-order valence-electron chi connectivity index (χ4n) is 3.20.